The van der Waals surface area contributed by atoms with Crippen LogP contribution in [-0.2, 0) is 0 Å². The molecule has 1 aliphatic rings. The summed E-state index contributed by atoms with van der Waals surface area (Å²) in [5.74, 6) is 0.399. The van der Waals surface area contributed by atoms with Gasteiger partial charge in [-0.1, -0.05) is 131 Å². The second-order valence-electron chi connectivity index (χ2n) is 9.48. The second-order valence-corrected chi connectivity index (χ2v) is 10.4. The molecule has 1 aliphatic carbocycles. The first kappa shape index (κ1) is 20.7. The number of halogens is 1. The van der Waals surface area contributed by atoms with Crippen LogP contribution >= 0.6 is 15.9 Å². The van der Waals surface area contributed by atoms with Crippen molar-refractivity contribution in [2.24, 2.45) is 0 Å². The van der Waals surface area contributed by atoms with E-state index in [1.165, 1.54) is 54.9 Å². The number of benzene rings is 6. The zero-order chi connectivity index (χ0) is 23.4. The maximum absolute atomic E-state index is 3.78. The molecule has 0 aromatic heterocycles. The maximum atomic E-state index is 3.78. The minimum Gasteiger partial charge on any atom is -0.0619 e. The van der Waals surface area contributed by atoms with Gasteiger partial charge in [-0.05, 0) is 67.1 Å². The second kappa shape index (κ2) is 8.22. The molecule has 0 nitrogen and oxygen atoms in total. The summed E-state index contributed by atoms with van der Waals surface area (Å²) in [5.41, 5.74) is 8.25. The molecule has 0 N–H and O–H groups in total. The van der Waals surface area contributed by atoms with E-state index in [-0.39, 0.29) is 11.8 Å². The van der Waals surface area contributed by atoms with Crippen LogP contribution in [0.3, 0.4) is 0 Å². The highest BCUT2D eigenvalue weighted by Crippen LogP contribution is 2.49. The summed E-state index contributed by atoms with van der Waals surface area (Å²) in [6.45, 7) is 0. The Kier molecular flexibility index (Phi) is 4.85. The number of hydrogen-bond donors (Lipinski definition) is 0. The minimum atomic E-state index is 0.194. The largest absolute Gasteiger partial charge is 0.0619 e. The first-order chi connectivity index (χ1) is 17.3. The molecular formula is C34H23Br. The molecule has 0 saturated carbocycles. The number of fused-ring (bicyclic) bond motifs is 4. The average molecular weight is 511 g/mol. The van der Waals surface area contributed by atoms with Gasteiger partial charge in [-0.3, -0.25) is 0 Å². The Hall–Kier alpha value is -3.68. The van der Waals surface area contributed by atoms with Gasteiger partial charge in [-0.25, -0.2) is 0 Å². The summed E-state index contributed by atoms with van der Waals surface area (Å²) in [6, 6.07) is 47.1. The van der Waals surface area contributed by atoms with Crippen molar-refractivity contribution in [2.75, 3.05) is 0 Å². The SMILES string of the molecule is Brc1ccc2c(c1)C(c1ccc3ccccc3c1)c1ccccc1C2c1ccc2ccccc2c1. The van der Waals surface area contributed by atoms with Crippen LogP contribution < -0.4 is 0 Å². The molecule has 6 aromatic rings. The van der Waals surface area contributed by atoms with Crippen molar-refractivity contribution < 1.29 is 0 Å². The number of hydrogen-bond acceptors (Lipinski definition) is 0. The topological polar surface area (TPSA) is 0 Å². The first-order valence-electron chi connectivity index (χ1n) is 12.1. The zero-order valence-corrected chi connectivity index (χ0v) is 20.7. The lowest BCUT2D eigenvalue weighted by Crippen LogP contribution is -2.20. The van der Waals surface area contributed by atoms with Crippen LogP contribution in [0.4, 0.5) is 0 Å². The van der Waals surface area contributed by atoms with Crippen LogP contribution in [-0.4, -0.2) is 0 Å². The summed E-state index contributed by atoms with van der Waals surface area (Å²) in [6.07, 6.45) is 0. The van der Waals surface area contributed by atoms with E-state index >= 15 is 0 Å². The number of rotatable bonds is 2. The van der Waals surface area contributed by atoms with E-state index in [1.54, 1.807) is 0 Å². The standard InChI is InChI=1S/C34H23Br/c35-28-17-18-31-32(21-28)34(27-16-14-23-8-2-4-10-25(23)20-27)30-12-6-5-11-29(30)33(31)26-15-13-22-7-1-3-9-24(22)19-26/h1-21,33-34H. The van der Waals surface area contributed by atoms with Crippen molar-refractivity contribution in [1.29, 1.82) is 0 Å². The first-order valence-corrected chi connectivity index (χ1v) is 12.9. The Morgan fingerprint density at radius 1 is 0.371 bits per heavy atom. The molecular weight excluding hydrogens is 488 g/mol. The molecule has 35 heavy (non-hydrogen) atoms. The molecule has 1 heteroatoms. The van der Waals surface area contributed by atoms with Crippen molar-refractivity contribution in [3.8, 4) is 0 Å². The van der Waals surface area contributed by atoms with E-state index in [0.717, 1.165) is 4.47 Å². The summed E-state index contributed by atoms with van der Waals surface area (Å²) in [4.78, 5) is 0. The van der Waals surface area contributed by atoms with Crippen molar-refractivity contribution in [2.45, 2.75) is 11.8 Å². The minimum absolute atomic E-state index is 0.194. The Labute approximate surface area is 214 Å². The molecule has 0 saturated heterocycles. The predicted molar refractivity (Wildman–Crippen MR) is 150 cm³/mol. The van der Waals surface area contributed by atoms with E-state index in [0.29, 0.717) is 0 Å². The average Bonchev–Trinajstić information content (AvgIpc) is 2.91. The fraction of sp³-hybridized carbons (Fsp3) is 0.0588. The molecule has 0 bridgehead atoms. The highest BCUT2D eigenvalue weighted by Gasteiger charge is 2.34. The molecule has 0 amide bonds. The van der Waals surface area contributed by atoms with Gasteiger partial charge < -0.3 is 0 Å². The lowest BCUT2D eigenvalue weighted by Gasteiger charge is -2.35. The van der Waals surface area contributed by atoms with Crippen LogP contribution in [0, 0.1) is 0 Å². The van der Waals surface area contributed by atoms with Gasteiger partial charge in [0.2, 0.25) is 0 Å². The molecule has 0 heterocycles. The van der Waals surface area contributed by atoms with Crippen LogP contribution in [0.1, 0.15) is 45.2 Å². The third kappa shape index (κ3) is 3.42. The van der Waals surface area contributed by atoms with Gasteiger partial charge in [0.05, 0.1) is 0 Å². The molecule has 0 radical (unpaired) electrons. The van der Waals surface area contributed by atoms with E-state index in [2.05, 4.69) is 143 Å². The van der Waals surface area contributed by atoms with Crippen molar-refractivity contribution in [1.82, 2.24) is 0 Å². The van der Waals surface area contributed by atoms with Crippen LogP contribution in [0.15, 0.2) is 132 Å². The monoisotopic (exact) mass is 510 g/mol. The van der Waals surface area contributed by atoms with Gasteiger partial charge in [-0.15, -0.1) is 0 Å². The smallest absolute Gasteiger partial charge is 0.0346 e. The molecule has 166 valence electrons. The summed E-state index contributed by atoms with van der Waals surface area (Å²) < 4.78 is 1.12. The molecule has 0 spiro atoms. The van der Waals surface area contributed by atoms with Gasteiger partial charge in [-0.2, -0.15) is 0 Å². The van der Waals surface area contributed by atoms with Gasteiger partial charge in [0, 0.05) is 16.3 Å². The third-order valence-electron chi connectivity index (χ3n) is 7.50. The Morgan fingerprint density at radius 2 is 0.829 bits per heavy atom. The highest BCUT2D eigenvalue weighted by molar-refractivity contribution is 9.10. The zero-order valence-electron chi connectivity index (χ0n) is 19.2. The molecule has 7 rings (SSSR count). The van der Waals surface area contributed by atoms with Crippen molar-refractivity contribution in [3.05, 3.63) is 165 Å². The Bertz CT molecular complexity index is 1730. The van der Waals surface area contributed by atoms with Crippen molar-refractivity contribution >= 4 is 37.5 Å². The highest BCUT2D eigenvalue weighted by atomic mass is 79.9. The van der Waals surface area contributed by atoms with Gasteiger partial charge in [0.1, 0.15) is 0 Å². The van der Waals surface area contributed by atoms with E-state index in [1.807, 2.05) is 0 Å². The Morgan fingerprint density at radius 3 is 1.40 bits per heavy atom. The molecule has 0 fully saturated rings. The van der Waals surface area contributed by atoms with Gasteiger partial charge in [0.25, 0.3) is 0 Å². The fourth-order valence-electron chi connectivity index (χ4n) is 5.92. The van der Waals surface area contributed by atoms with Gasteiger partial charge >= 0.3 is 0 Å². The molecule has 2 unspecified atom stereocenters. The molecule has 2 atom stereocenters. The Balaban J connectivity index is 1.49. The lowest BCUT2D eigenvalue weighted by molar-refractivity contribution is 0.822. The quantitative estimate of drug-likeness (QED) is 0.217. The normalized spacial score (nSPS) is 16.7. The summed E-state index contributed by atoms with van der Waals surface area (Å²) in [5, 5.41) is 5.14. The fourth-order valence-corrected chi connectivity index (χ4v) is 6.30. The summed E-state index contributed by atoms with van der Waals surface area (Å²) in [7, 11) is 0. The van der Waals surface area contributed by atoms with E-state index < -0.39 is 0 Å². The van der Waals surface area contributed by atoms with E-state index in [4.69, 9.17) is 0 Å². The van der Waals surface area contributed by atoms with Crippen LogP contribution in [0.25, 0.3) is 21.5 Å². The predicted octanol–water partition coefficient (Wildman–Crippen LogP) is 9.43. The third-order valence-corrected chi connectivity index (χ3v) is 8.00. The lowest BCUT2D eigenvalue weighted by atomic mass is 9.68. The maximum Gasteiger partial charge on any atom is 0.0346 e. The molecule has 0 aliphatic heterocycles. The van der Waals surface area contributed by atoms with Gasteiger partial charge in [0.15, 0.2) is 0 Å². The van der Waals surface area contributed by atoms with Crippen LogP contribution in [0.5, 0.6) is 0 Å². The summed E-state index contributed by atoms with van der Waals surface area (Å²) >= 11 is 3.78. The van der Waals surface area contributed by atoms with Crippen molar-refractivity contribution in [3.63, 3.8) is 0 Å². The molecule has 6 aromatic carbocycles. The van der Waals surface area contributed by atoms with E-state index in [9.17, 15) is 0 Å². The van der Waals surface area contributed by atoms with Crippen LogP contribution in [0.2, 0.25) is 0 Å².